The monoisotopic (exact) mass is 355 g/mol. The van der Waals surface area contributed by atoms with Crippen LogP contribution in [0.1, 0.15) is 11.3 Å². The molecule has 26 heavy (non-hydrogen) atoms. The first-order valence-corrected chi connectivity index (χ1v) is 7.97. The van der Waals surface area contributed by atoms with Gasteiger partial charge < -0.3 is 30.0 Å². The van der Waals surface area contributed by atoms with Gasteiger partial charge in [-0.1, -0.05) is 6.07 Å². The molecule has 0 atom stereocenters. The van der Waals surface area contributed by atoms with Gasteiger partial charge in [0.1, 0.15) is 28.7 Å². The predicted octanol–water partition coefficient (Wildman–Crippen LogP) is 2.98. The van der Waals surface area contributed by atoms with E-state index in [1.807, 2.05) is 12.1 Å². The highest BCUT2D eigenvalue weighted by atomic mass is 16.5. The number of hydrogen-bond donors (Lipinski definition) is 3. The van der Waals surface area contributed by atoms with E-state index in [4.69, 9.17) is 19.9 Å². The first kappa shape index (κ1) is 17.5. The number of H-pyrrole nitrogens is 1. The Morgan fingerprint density at radius 2 is 1.73 bits per heavy atom. The summed E-state index contributed by atoms with van der Waals surface area (Å²) in [6.07, 6.45) is 2.04. The van der Waals surface area contributed by atoms with E-state index in [0.717, 1.165) is 17.0 Å². The number of nitrogens with one attached hydrogen (secondary N) is 1. The lowest BCUT2D eigenvalue weighted by Gasteiger charge is -2.12. The molecule has 136 valence electrons. The summed E-state index contributed by atoms with van der Waals surface area (Å²) < 4.78 is 15.8. The fraction of sp³-hybridized carbons (Fsp3) is 0.211. The lowest BCUT2D eigenvalue weighted by atomic mass is 10.0. The van der Waals surface area contributed by atoms with Crippen molar-refractivity contribution in [3.05, 3.63) is 47.9 Å². The molecule has 0 aliphatic rings. The number of phenols is 1. The van der Waals surface area contributed by atoms with Crippen molar-refractivity contribution in [2.24, 2.45) is 0 Å². The second kappa shape index (κ2) is 7.26. The molecule has 0 radical (unpaired) electrons. The van der Waals surface area contributed by atoms with Gasteiger partial charge in [-0.2, -0.15) is 0 Å². The van der Waals surface area contributed by atoms with Crippen LogP contribution in [0.15, 0.2) is 36.7 Å². The predicted molar refractivity (Wildman–Crippen MR) is 99.0 cm³/mol. The zero-order valence-electron chi connectivity index (χ0n) is 14.9. The number of nitrogens with zero attached hydrogens (tertiary/aromatic N) is 1. The molecule has 0 bridgehead atoms. The molecule has 7 heteroatoms. The van der Waals surface area contributed by atoms with Crippen molar-refractivity contribution in [3.8, 4) is 34.3 Å². The first-order valence-electron chi connectivity index (χ1n) is 7.97. The van der Waals surface area contributed by atoms with Gasteiger partial charge in [0.2, 0.25) is 0 Å². The number of hydrogen-bond acceptors (Lipinski definition) is 6. The van der Waals surface area contributed by atoms with E-state index in [1.165, 1.54) is 7.11 Å². The average Bonchev–Trinajstić information content (AvgIpc) is 3.13. The van der Waals surface area contributed by atoms with Crippen LogP contribution in [-0.2, 0) is 6.42 Å². The van der Waals surface area contributed by atoms with Crippen molar-refractivity contribution in [1.82, 2.24) is 9.97 Å². The standard InChI is InChI=1S/C19H21N3O4/c1-24-13-6-12(7-14(9-13)25-2)18-15(21-10-22-18)8-11-4-5-16(26-3)17(20)19(11)23/h4-7,9-10,23H,8,20H2,1-3H3,(H,21,22). The van der Waals surface area contributed by atoms with Gasteiger partial charge in [0, 0.05) is 29.3 Å². The molecule has 7 nitrogen and oxygen atoms in total. The molecule has 3 rings (SSSR count). The molecule has 0 aliphatic carbocycles. The van der Waals surface area contributed by atoms with Crippen molar-refractivity contribution < 1.29 is 19.3 Å². The van der Waals surface area contributed by atoms with Crippen LogP contribution in [0.25, 0.3) is 11.3 Å². The molecule has 0 saturated heterocycles. The number of benzene rings is 2. The van der Waals surface area contributed by atoms with Crippen LogP contribution in [0, 0.1) is 0 Å². The first-order chi connectivity index (χ1) is 12.6. The average molecular weight is 355 g/mol. The minimum Gasteiger partial charge on any atom is -0.505 e. The third kappa shape index (κ3) is 3.23. The highest BCUT2D eigenvalue weighted by molar-refractivity contribution is 5.69. The summed E-state index contributed by atoms with van der Waals surface area (Å²) in [5.41, 5.74) is 9.23. The molecular weight excluding hydrogens is 334 g/mol. The quantitative estimate of drug-likeness (QED) is 0.464. The Hall–Kier alpha value is -3.35. The lowest BCUT2D eigenvalue weighted by Crippen LogP contribution is -1.98. The van der Waals surface area contributed by atoms with Crippen LogP contribution in [0.5, 0.6) is 23.0 Å². The minimum absolute atomic E-state index is 0.00752. The maximum absolute atomic E-state index is 10.4. The number of aromatic nitrogens is 2. The summed E-state index contributed by atoms with van der Waals surface area (Å²) in [6, 6.07) is 9.07. The van der Waals surface area contributed by atoms with Gasteiger partial charge in [0.15, 0.2) is 0 Å². The largest absolute Gasteiger partial charge is 0.505 e. The normalized spacial score (nSPS) is 10.6. The Balaban J connectivity index is 1.99. The Morgan fingerprint density at radius 1 is 1.04 bits per heavy atom. The summed E-state index contributed by atoms with van der Waals surface area (Å²) in [5.74, 6) is 1.79. The van der Waals surface area contributed by atoms with Gasteiger partial charge in [-0.3, -0.25) is 0 Å². The molecule has 0 spiro atoms. The van der Waals surface area contributed by atoms with E-state index < -0.39 is 0 Å². The second-order valence-electron chi connectivity index (χ2n) is 5.70. The van der Waals surface area contributed by atoms with Crippen LogP contribution in [-0.4, -0.2) is 36.4 Å². The van der Waals surface area contributed by atoms with E-state index in [9.17, 15) is 5.11 Å². The fourth-order valence-electron chi connectivity index (χ4n) is 2.79. The van der Waals surface area contributed by atoms with Crippen LogP contribution >= 0.6 is 0 Å². The number of phenolic OH excluding ortho intramolecular Hbond substituents is 1. The van der Waals surface area contributed by atoms with E-state index in [0.29, 0.717) is 29.2 Å². The summed E-state index contributed by atoms with van der Waals surface area (Å²) >= 11 is 0. The van der Waals surface area contributed by atoms with Gasteiger partial charge in [-0.05, 0) is 18.2 Å². The number of nitrogens with two attached hydrogens (primary N) is 1. The maximum atomic E-state index is 10.4. The van der Waals surface area contributed by atoms with E-state index in [1.54, 1.807) is 38.7 Å². The maximum Gasteiger partial charge on any atom is 0.145 e. The minimum atomic E-state index is 0.00752. The van der Waals surface area contributed by atoms with E-state index in [2.05, 4.69) is 9.97 Å². The Kier molecular flexibility index (Phi) is 4.88. The molecule has 0 aliphatic heterocycles. The number of nitrogen functional groups attached to an aromatic ring is 1. The third-order valence-electron chi connectivity index (χ3n) is 4.19. The SMILES string of the molecule is COc1cc(OC)cc(-c2nc[nH]c2Cc2ccc(OC)c(N)c2O)c1. The number of rotatable bonds is 6. The summed E-state index contributed by atoms with van der Waals surface area (Å²) in [6.45, 7) is 0. The van der Waals surface area contributed by atoms with Crippen LogP contribution in [0.4, 0.5) is 5.69 Å². The fourth-order valence-corrected chi connectivity index (χ4v) is 2.79. The molecule has 3 aromatic rings. The van der Waals surface area contributed by atoms with Crippen molar-refractivity contribution >= 4 is 5.69 Å². The number of methoxy groups -OCH3 is 3. The lowest BCUT2D eigenvalue weighted by molar-refractivity contribution is 0.394. The number of aromatic amines is 1. The summed E-state index contributed by atoms with van der Waals surface area (Å²) in [5, 5.41) is 10.4. The number of aromatic hydroxyl groups is 1. The summed E-state index contributed by atoms with van der Waals surface area (Å²) in [4.78, 5) is 7.54. The van der Waals surface area contributed by atoms with Crippen LogP contribution < -0.4 is 19.9 Å². The Bertz CT molecular complexity index is 899. The van der Waals surface area contributed by atoms with Gasteiger partial charge in [-0.15, -0.1) is 0 Å². The molecule has 1 heterocycles. The number of imidazole rings is 1. The van der Waals surface area contributed by atoms with E-state index >= 15 is 0 Å². The molecule has 0 fully saturated rings. The van der Waals surface area contributed by atoms with Crippen molar-refractivity contribution in [1.29, 1.82) is 0 Å². The van der Waals surface area contributed by atoms with Gasteiger partial charge >= 0.3 is 0 Å². The second-order valence-corrected chi connectivity index (χ2v) is 5.70. The molecule has 1 aromatic heterocycles. The molecule has 2 aromatic carbocycles. The highest BCUT2D eigenvalue weighted by Gasteiger charge is 2.16. The van der Waals surface area contributed by atoms with Gasteiger partial charge in [-0.25, -0.2) is 4.98 Å². The molecule has 0 amide bonds. The molecule has 0 saturated carbocycles. The zero-order chi connectivity index (χ0) is 18.7. The third-order valence-corrected chi connectivity index (χ3v) is 4.19. The Morgan fingerprint density at radius 3 is 2.35 bits per heavy atom. The smallest absolute Gasteiger partial charge is 0.145 e. The Labute approximate surface area is 151 Å². The van der Waals surface area contributed by atoms with Crippen molar-refractivity contribution in [2.45, 2.75) is 6.42 Å². The van der Waals surface area contributed by atoms with Gasteiger partial charge in [0.25, 0.3) is 0 Å². The van der Waals surface area contributed by atoms with Crippen molar-refractivity contribution in [2.75, 3.05) is 27.1 Å². The van der Waals surface area contributed by atoms with Crippen LogP contribution in [0.2, 0.25) is 0 Å². The molecular formula is C19H21N3O4. The zero-order valence-corrected chi connectivity index (χ0v) is 14.9. The van der Waals surface area contributed by atoms with E-state index in [-0.39, 0.29) is 11.4 Å². The topological polar surface area (TPSA) is 103 Å². The summed E-state index contributed by atoms with van der Waals surface area (Å²) in [7, 11) is 4.71. The van der Waals surface area contributed by atoms with Crippen LogP contribution in [0.3, 0.4) is 0 Å². The molecule has 4 N–H and O–H groups in total. The van der Waals surface area contributed by atoms with Crippen molar-refractivity contribution in [3.63, 3.8) is 0 Å². The highest BCUT2D eigenvalue weighted by Crippen LogP contribution is 2.36. The number of ether oxygens (including phenoxy) is 3. The number of anilines is 1. The molecule has 0 unspecified atom stereocenters. The van der Waals surface area contributed by atoms with Gasteiger partial charge in [0.05, 0.1) is 33.4 Å².